The number of sulfonamides is 1. The maximum atomic E-state index is 12.4. The molecule has 3 aromatic rings. The van der Waals surface area contributed by atoms with Gasteiger partial charge < -0.3 is 10.1 Å². The van der Waals surface area contributed by atoms with Gasteiger partial charge in [-0.2, -0.15) is 0 Å². The van der Waals surface area contributed by atoms with Gasteiger partial charge in [0.15, 0.2) is 0 Å². The van der Waals surface area contributed by atoms with E-state index < -0.39 is 10.0 Å². The molecule has 0 saturated carbocycles. The highest BCUT2D eigenvalue weighted by Crippen LogP contribution is 2.17. The van der Waals surface area contributed by atoms with Gasteiger partial charge in [-0.3, -0.25) is 9.52 Å². The Morgan fingerprint density at radius 2 is 1.57 bits per heavy atom. The van der Waals surface area contributed by atoms with E-state index in [-0.39, 0.29) is 16.8 Å². The van der Waals surface area contributed by atoms with Crippen molar-refractivity contribution in [3.8, 4) is 5.75 Å². The second kappa shape index (κ2) is 9.45. The predicted octanol–water partition coefficient (Wildman–Crippen LogP) is 3.99. The lowest BCUT2D eigenvalue weighted by Gasteiger charge is -2.15. The number of hydrogen-bond donors (Lipinski definition) is 2. The highest BCUT2D eigenvalue weighted by molar-refractivity contribution is 7.92. The molecule has 0 radical (unpaired) electrons. The fourth-order valence-electron chi connectivity index (χ4n) is 2.71. The summed E-state index contributed by atoms with van der Waals surface area (Å²) in [5, 5.41) is 2.87. The topological polar surface area (TPSA) is 84.5 Å². The minimum atomic E-state index is -3.67. The molecule has 0 unspecified atom stereocenters. The molecule has 1 atom stereocenters. The van der Waals surface area contributed by atoms with Gasteiger partial charge in [-0.05, 0) is 62.4 Å². The van der Waals surface area contributed by atoms with Gasteiger partial charge in [0.2, 0.25) is 0 Å². The van der Waals surface area contributed by atoms with Gasteiger partial charge >= 0.3 is 0 Å². The van der Waals surface area contributed by atoms with Crippen molar-refractivity contribution < 1.29 is 17.9 Å². The molecule has 1 amide bonds. The number of carbonyl (C=O) groups is 1. The van der Waals surface area contributed by atoms with Gasteiger partial charge in [0.05, 0.1) is 10.9 Å². The van der Waals surface area contributed by atoms with E-state index in [1.54, 1.807) is 42.5 Å². The molecule has 30 heavy (non-hydrogen) atoms. The molecule has 156 valence electrons. The summed E-state index contributed by atoms with van der Waals surface area (Å²) < 4.78 is 32.9. The third kappa shape index (κ3) is 5.84. The Hall–Kier alpha value is -3.32. The number of anilines is 1. The summed E-state index contributed by atoms with van der Waals surface area (Å²) in [6, 6.07) is 21.9. The van der Waals surface area contributed by atoms with Crippen molar-refractivity contribution in [2.24, 2.45) is 0 Å². The summed E-state index contributed by atoms with van der Waals surface area (Å²) in [4.78, 5) is 12.6. The molecule has 0 saturated heterocycles. The van der Waals surface area contributed by atoms with Crippen LogP contribution in [-0.4, -0.2) is 27.0 Å². The van der Waals surface area contributed by atoms with E-state index in [1.165, 1.54) is 12.1 Å². The molecule has 0 fully saturated rings. The standard InChI is InChI=1S/C23H24N2O4S/c1-17-8-14-21(15-9-17)29-16-18(2)24-23(26)19-10-12-20(13-11-19)25-30(27,28)22-6-4-3-5-7-22/h3-15,18,25H,16H2,1-2H3,(H,24,26)/t18-/m0/s1. The van der Waals surface area contributed by atoms with E-state index >= 15 is 0 Å². The van der Waals surface area contributed by atoms with Gasteiger partial charge in [-0.1, -0.05) is 35.9 Å². The van der Waals surface area contributed by atoms with Crippen molar-refractivity contribution in [3.63, 3.8) is 0 Å². The van der Waals surface area contributed by atoms with Crippen molar-refractivity contribution in [1.29, 1.82) is 0 Å². The van der Waals surface area contributed by atoms with Crippen LogP contribution in [0.1, 0.15) is 22.8 Å². The molecular formula is C23H24N2O4S. The lowest BCUT2D eigenvalue weighted by atomic mass is 10.2. The Morgan fingerprint density at radius 3 is 2.20 bits per heavy atom. The van der Waals surface area contributed by atoms with E-state index in [1.807, 2.05) is 38.1 Å². The van der Waals surface area contributed by atoms with E-state index in [0.717, 1.165) is 11.3 Å². The number of amides is 1. The van der Waals surface area contributed by atoms with Crippen molar-refractivity contribution in [3.05, 3.63) is 90.0 Å². The third-order valence-corrected chi connectivity index (χ3v) is 5.75. The fraction of sp³-hybridized carbons (Fsp3) is 0.174. The molecule has 3 aromatic carbocycles. The highest BCUT2D eigenvalue weighted by Gasteiger charge is 2.14. The first-order valence-electron chi connectivity index (χ1n) is 9.52. The van der Waals surface area contributed by atoms with Crippen molar-refractivity contribution in [2.75, 3.05) is 11.3 Å². The number of hydrogen-bond acceptors (Lipinski definition) is 4. The van der Waals surface area contributed by atoms with E-state index in [9.17, 15) is 13.2 Å². The lowest BCUT2D eigenvalue weighted by molar-refractivity contribution is 0.0926. The normalized spacial score (nSPS) is 12.1. The van der Waals surface area contributed by atoms with Crippen LogP contribution in [0, 0.1) is 6.92 Å². The van der Waals surface area contributed by atoms with Crippen molar-refractivity contribution in [2.45, 2.75) is 24.8 Å². The van der Waals surface area contributed by atoms with Crippen LogP contribution in [0.15, 0.2) is 83.8 Å². The number of carbonyl (C=O) groups excluding carboxylic acids is 1. The molecule has 0 bridgehead atoms. The van der Waals surface area contributed by atoms with Crippen LogP contribution in [0.25, 0.3) is 0 Å². The zero-order chi connectivity index (χ0) is 21.6. The van der Waals surface area contributed by atoms with Crippen LogP contribution in [0.3, 0.4) is 0 Å². The Morgan fingerprint density at radius 1 is 0.933 bits per heavy atom. The molecular weight excluding hydrogens is 400 g/mol. The lowest BCUT2D eigenvalue weighted by Crippen LogP contribution is -2.36. The van der Waals surface area contributed by atoms with Crippen molar-refractivity contribution in [1.82, 2.24) is 5.32 Å². The van der Waals surface area contributed by atoms with Gasteiger partial charge in [0.1, 0.15) is 12.4 Å². The molecule has 3 rings (SSSR count). The molecule has 0 aliphatic rings. The van der Waals surface area contributed by atoms with Crippen LogP contribution in [-0.2, 0) is 10.0 Å². The van der Waals surface area contributed by atoms with Crippen LogP contribution < -0.4 is 14.8 Å². The summed E-state index contributed by atoms with van der Waals surface area (Å²) in [7, 11) is -3.67. The molecule has 7 heteroatoms. The first kappa shape index (κ1) is 21.4. The molecule has 0 heterocycles. The monoisotopic (exact) mass is 424 g/mol. The number of benzene rings is 3. The summed E-state index contributed by atoms with van der Waals surface area (Å²) in [5.41, 5.74) is 1.96. The minimum Gasteiger partial charge on any atom is -0.491 e. The quantitative estimate of drug-likeness (QED) is 0.573. The smallest absolute Gasteiger partial charge is 0.261 e. The minimum absolute atomic E-state index is 0.175. The molecule has 0 spiro atoms. The maximum absolute atomic E-state index is 12.4. The van der Waals surface area contributed by atoms with E-state index in [0.29, 0.717) is 17.9 Å². The largest absolute Gasteiger partial charge is 0.491 e. The Bertz CT molecular complexity index is 1080. The molecule has 6 nitrogen and oxygen atoms in total. The first-order valence-corrected chi connectivity index (χ1v) is 11.0. The second-order valence-corrected chi connectivity index (χ2v) is 8.68. The molecule has 2 N–H and O–H groups in total. The van der Waals surface area contributed by atoms with Gasteiger partial charge in [0, 0.05) is 11.3 Å². The van der Waals surface area contributed by atoms with Gasteiger partial charge in [0.25, 0.3) is 15.9 Å². The van der Waals surface area contributed by atoms with Crippen LogP contribution >= 0.6 is 0 Å². The first-order chi connectivity index (χ1) is 14.3. The summed E-state index contributed by atoms with van der Waals surface area (Å²) in [6.45, 7) is 4.20. The average molecular weight is 425 g/mol. The number of ether oxygens (including phenoxy) is 1. The van der Waals surface area contributed by atoms with Crippen LogP contribution in [0.5, 0.6) is 5.75 Å². The number of nitrogens with one attached hydrogen (secondary N) is 2. The fourth-order valence-corrected chi connectivity index (χ4v) is 3.79. The van der Waals surface area contributed by atoms with Crippen molar-refractivity contribution >= 4 is 21.6 Å². The Balaban J connectivity index is 1.55. The number of aryl methyl sites for hydroxylation is 1. The zero-order valence-electron chi connectivity index (χ0n) is 16.8. The summed E-state index contributed by atoms with van der Waals surface area (Å²) in [5.74, 6) is 0.490. The Kier molecular flexibility index (Phi) is 6.74. The third-order valence-electron chi connectivity index (χ3n) is 4.35. The molecule has 0 aromatic heterocycles. The van der Waals surface area contributed by atoms with E-state index in [4.69, 9.17) is 4.74 Å². The zero-order valence-corrected chi connectivity index (χ0v) is 17.6. The van der Waals surface area contributed by atoms with Crippen LogP contribution in [0.2, 0.25) is 0 Å². The maximum Gasteiger partial charge on any atom is 0.261 e. The summed E-state index contributed by atoms with van der Waals surface area (Å²) >= 11 is 0. The Labute approximate surface area is 177 Å². The van der Waals surface area contributed by atoms with Gasteiger partial charge in [-0.25, -0.2) is 8.42 Å². The summed E-state index contributed by atoms with van der Waals surface area (Å²) in [6.07, 6.45) is 0. The second-order valence-electron chi connectivity index (χ2n) is 6.99. The predicted molar refractivity (Wildman–Crippen MR) is 117 cm³/mol. The molecule has 0 aliphatic heterocycles. The SMILES string of the molecule is Cc1ccc(OC[C@H](C)NC(=O)c2ccc(NS(=O)(=O)c3ccccc3)cc2)cc1. The number of rotatable bonds is 8. The van der Waals surface area contributed by atoms with Gasteiger partial charge in [-0.15, -0.1) is 0 Å². The average Bonchev–Trinajstić information content (AvgIpc) is 2.74. The van der Waals surface area contributed by atoms with Crippen LogP contribution in [0.4, 0.5) is 5.69 Å². The molecule has 0 aliphatic carbocycles. The highest BCUT2D eigenvalue weighted by atomic mass is 32.2. The van der Waals surface area contributed by atoms with E-state index in [2.05, 4.69) is 10.0 Å².